The van der Waals surface area contributed by atoms with E-state index in [0.29, 0.717) is 11.3 Å². The summed E-state index contributed by atoms with van der Waals surface area (Å²) >= 11 is 1.51. The number of benzene rings is 2. The molecule has 2 N–H and O–H groups in total. The number of nitrogens with two attached hydrogens (primary N) is 1. The summed E-state index contributed by atoms with van der Waals surface area (Å²) in [5, 5.41) is 0. The predicted molar refractivity (Wildman–Crippen MR) is 83.5 cm³/mol. The fraction of sp³-hybridized carbons (Fsp3) is 0.250. The van der Waals surface area contributed by atoms with E-state index >= 15 is 0 Å². The van der Waals surface area contributed by atoms with Crippen molar-refractivity contribution >= 4 is 17.4 Å². The molecule has 0 unspecified atom stereocenters. The molecule has 2 aromatic carbocycles. The van der Waals surface area contributed by atoms with E-state index in [2.05, 4.69) is 11.0 Å². The molecule has 0 fully saturated rings. The lowest BCUT2D eigenvalue weighted by Crippen LogP contribution is -2.11. The average molecular weight is 290 g/mol. The molecule has 0 aliphatic carbocycles. The third kappa shape index (κ3) is 3.52. The van der Waals surface area contributed by atoms with E-state index in [9.17, 15) is 4.39 Å². The largest absolute Gasteiger partial charge is 0.398 e. The second-order valence-corrected chi connectivity index (χ2v) is 6.17. The number of rotatable bonds is 4. The van der Waals surface area contributed by atoms with Crippen molar-refractivity contribution in [2.24, 2.45) is 0 Å². The maximum Gasteiger partial charge on any atom is 0.127 e. The van der Waals surface area contributed by atoms with Crippen molar-refractivity contribution in [2.75, 3.05) is 19.8 Å². The molecule has 0 aromatic heterocycles. The van der Waals surface area contributed by atoms with E-state index in [4.69, 9.17) is 5.73 Å². The molecule has 0 aliphatic rings. The Hall–Kier alpha value is -1.52. The highest BCUT2D eigenvalue weighted by Crippen LogP contribution is 2.35. The van der Waals surface area contributed by atoms with Crippen LogP contribution in [0.15, 0.2) is 46.2 Å². The number of nitrogen functional groups attached to an aromatic ring is 1. The summed E-state index contributed by atoms with van der Waals surface area (Å²) in [5.74, 6) is -0.216. The van der Waals surface area contributed by atoms with E-state index in [1.165, 1.54) is 23.4 Å². The van der Waals surface area contributed by atoms with Crippen LogP contribution >= 0.6 is 11.8 Å². The van der Waals surface area contributed by atoms with Gasteiger partial charge in [0.2, 0.25) is 0 Å². The number of nitrogens with zero attached hydrogens (tertiary/aromatic N) is 1. The van der Waals surface area contributed by atoms with E-state index in [0.717, 1.165) is 16.3 Å². The van der Waals surface area contributed by atoms with Crippen molar-refractivity contribution in [3.05, 3.63) is 53.3 Å². The number of hydrogen-bond donors (Lipinski definition) is 1. The predicted octanol–water partition coefficient (Wildman–Crippen LogP) is 3.93. The summed E-state index contributed by atoms with van der Waals surface area (Å²) in [7, 11) is 4.06. The summed E-state index contributed by atoms with van der Waals surface area (Å²) < 4.78 is 13.7. The van der Waals surface area contributed by atoms with Crippen LogP contribution in [0, 0.1) is 12.7 Å². The lowest BCUT2D eigenvalue weighted by molar-refractivity contribution is 0.399. The molecular weight excluding hydrogens is 271 g/mol. The second-order valence-electron chi connectivity index (χ2n) is 5.09. The molecule has 20 heavy (non-hydrogen) atoms. The maximum absolute atomic E-state index is 13.7. The maximum atomic E-state index is 13.7. The number of halogens is 1. The summed E-state index contributed by atoms with van der Waals surface area (Å²) in [4.78, 5) is 3.98. The Morgan fingerprint density at radius 2 is 1.85 bits per heavy atom. The van der Waals surface area contributed by atoms with E-state index in [1.807, 2.05) is 32.3 Å². The molecule has 2 rings (SSSR count). The van der Waals surface area contributed by atoms with Crippen molar-refractivity contribution in [2.45, 2.75) is 23.3 Å². The second kappa shape index (κ2) is 6.29. The fourth-order valence-electron chi connectivity index (χ4n) is 1.97. The molecular formula is C16H19FN2S. The van der Waals surface area contributed by atoms with Gasteiger partial charge < -0.3 is 10.6 Å². The minimum Gasteiger partial charge on any atom is -0.398 e. The van der Waals surface area contributed by atoms with Crippen LogP contribution in [0.3, 0.4) is 0 Å². The number of hydrogen-bond acceptors (Lipinski definition) is 3. The summed E-state index contributed by atoms with van der Waals surface area (Å²) in [6, 6.07) is 11.3. The Labute approximate surface area is 123 Å². The molecule has 2 aromatic rings. The van der Waals surface area contributed by atoms with Crippen LogP contribution in [0.25, 0.3) is 0 Å². The van der Waals surface area contributed by atoms with Crippen molar-refractivity contribution in [1.82, 2.24) is 4.90 Å². The van der Waals surface area contributed by atoms with Crippen molar-refractivity contribution < 1.29 is 4.39 Å². The molecule has 0 spiro atoms. The van der Waals surface area contributed by atoms with Crippen molar-refractivity contribution in [3.63, 3.8) is 0 Å². The minimum absolute atomic E-state index is 0.216. The first-order valence-corrected chi connectivity index (χ1v) is 7.25. The first kappa shape index (κ1) is 14.9. The van der Waals surface area contributed by atoms with Gasteiger partial charge in [0.1, 0.15) is 5.82 Å². The average Bonchev–Trinajstić information content (AvgIpc) is 2.37. The van der Waals surface area contributed by atoms with Crippen LogP contribution in [0.2, 0.25) is 0 Å². The first-order valence-electron chi connectivity index (χ1n) is 6.43. The topological polar surface area (TPSA) is 29.3 Å². The van der Waals surface area contributed by atoms with Crippen LogP contribution in [-0.2, 0) is 6.54 Å². The van der Waals surface area contributed by atoms with Crippen LogP contribution < -0.4 is 5.73 Å². The van der Waals surface area contributed by atoms with Crippen LogP contribution in [0.5, 0.6) is 0 Å². The Morgan fingerprint density at radius 3 is 2.55 bits per heavy atom. The lowest BCUT2D eigenvalue weighted by Gasteiger charge is -2.14. The monoisotopic (exact) mass is 290 g/mol. The van der Waals surface area contributed by atoms with Gasteiger partial charge in [-0.05, 0) is 50.3 Å². The van der Waals surface area contributed by atoms with Gasteiger partial charge >= 0.3 is 0 Å². The highest BCUT2D eigenvalue weighted by molar-refractivity contribution is 7.99. The van der Waals surface area contributed by atoms with Gasteiger partial charge in [-0.2, -0.15) is 0 Å². The van der Waals surface area contributed by atoms with Crippen molar-refractivity contribution in [1.29, 1.82) is 0 Å². The third-order valence-corrected chi connectivity index (χ3v) is 4.16. The standard InChI is InChI=1S/C16H19FN2S/c1-11-8-14(18)16(9-13(11)17)20-15-7-5-4-6-12(15)10-19(2)3/h4-9H,10,18H2,1-3H3. The smallest absolute Gasteiger partial charge is 0.127 e. The number of anilines is 1. The van der Waals surface area contributed by atoms with Crippen LogP contribution in [0.4, 0.5) is 10.1 Å². The van der Waals surface area contributed by atoms with Gasteiger partial charge in [0.05, 0.1) is 0 Å². The van der Waals surface area contributed by atoms with E-state index < -0.39 is 0 Å². The molecule has 0 saturated carbocycles. The van der Waals surface area contributed by atoms with E-state index in [1.54, 1.807) is 13.0 Å². The molecule has 0 aliphatic heterocycles. The Kier molecular flexibility index (Phi) is 4.68. The molecule has 0 atom stereocenters. The SMILES string of the molecule is Cc1cc(N)c(Sc2ccccc2CN(C)C)cc1F. The van der Waals surface area contributed by atoms with Crippen LogP contribution in [-0.4, -0.2) is 19.0 Å². The van der Waals surface area contributed by atoms with Gasteiger partial charge in [0.15, 0.2) is 0 Å². The summed E-state index contributed by atoms with van der Waals surface area (Å²) in [6.07, 6.45) is 0. The minimum atomic E-state index is -0.216. The molecule has 106 valence electrons. The normalized spacial score (nSPS) is 11.1. The zero-order valence-corrected chi connectivity index (χ0v) is 12.8. The lowest BCUT2D eigenvalue weighted by atomic mass is 10.2. The summed E-state index contributed by atoms with van der Waals surface area (Å²) in [5.41, 5.74) is 8.40. The highest BCUT2D eigenvalue weighted by atomic mass is 32.2. The van der Waals surface area contributed by atoms with Gasteiger partial charge in [0.25, 0.3) is 0 Å². The molecule has 2 nitrogen and oxygen atoms in total. The third-order valence-electron chi connectivity index (χ3n) is 2.97. The Bertz CT molecular complexity index is 611. The van der Waals surface area contributed by atoms with Gasteiger partial charge in [-0.15, -0.1) is 0 Å². The van der Waals surface area contributed by atoms with Gasteiger partial charge in [-0.3, -0.25) is 0 Å². The summed E-state index contributed by atoms with van der Waals surface area (Å²) in [6.45, 7) is 2.57. The van der Waals surface area contributed by atoms with Crippen LogP contribution in [0.1, 0.15) is 11.1 Å². The van der Waals surface area contributed by atoms with E-state index in [-0.39, 0.29) is 5.82 Å². The molecule has 0 saturated heterocycles. The molecule has 0 heterocycles. The molecule has 0 radical (unpaired) electrons. The zero-order valence-electron chi connectivity index (χ0n) is 12.0. The molecule has 0 bridgehead atoms. The zero-order chi connectivity index (χ0) is 14.7. The van der Waals surface area contributed by atoms with Gasteiger partial charge in [0, 0.05) is 22.0 Å². The molecule has 0 amide bonds. The first-order chi connectivity index (χ1) is 9.47. The van der Waals surface area contributed by atoms with Gasteiger partial charge in [-0.25, -0.2) is 4.39 Å². The fourth-order valence-corrected chi connectivity index (χ4v) is 2.95. The Morgan fingerprint density at radius 1 is 1.15 bits per heavy atom. The van der Waals surface area contributed by atoms with Gasteiger partial charge in [-0.1, -0.05) is 30.0 Å². The van der Waals surface area contributed by atoms with Crippen molar-refractivity contribution in [3.8, 4) is 0 Å². The quantitative estimate of drug-likeness (QED) is 0.865. The Balaban J connectivity index is 2.33. The highest BCUT2D eigenvalue weighted by Gasteiger charge is 2.10. The molecule has 4 heteroatoms. The number of aryl methyl sites for hydroxylation is 1.